The Morgan fingerprint density at radius 3 is 2.38 bits per heavy atom. The largest absolute Gasteiger partial charge is 0.497 e. The van der Waals surface area contributed by atoms with E-state index in [1.165, 1.54) is 0 Å². The molecule has 1 N–H and O–H groups in total. The SMILES string of the molecule is COc1ccc(OC)c(C(C)NC(=O)CN(c2cc(C)ccc2C)S(C)(=O)=O)c1. The molecule has 2 aromatic carbocycles. The van der Waals surface area contributed by atoms with E-state index in [1.807, 2.05) is 26.0 Å². The minimum atomic E-state index is -3.65. The van der Waals surface area contributed by atoms with Crippen molar-refractivity contribution in [2.24, 2.45) is 0 Å². The molecule has 1 atom stereocenters. The highest BCUT2D eigenvalue weighted by atomic mass is 32.2. The third kappa shape index (κ3) is 5.63. The van der Waals surface area contributed by atoms with Crippen LogP contribution < -0.4 is 19.1 Å². The number of nitrogens with one attached hydrogen (secondary N) is 1. The van der Waals surface area contributed by atoms with E-state index in [1.54, 1.807) is 45.4 Å². The van der Waals surface area contributed by atoms with E-state index in [4.69, 9.17) is 9.47 Å². The van der Waals surface area contributed by atoms with Gasteiger partial charge in [0, 0.05) is 5.56 Å². The standard InChI is InChI=1S/C21H28N2O5S/c1-14-7-8-15(2)19(11-14)23(29(6,25)26)13-21(24)22-16(3)18-12-17(27-4)9-10-20(18)28-5/h7-12,16H,13H2,1-6H3,(H,22,24). The summed E-state index contributed by atoms with van der Waals surface area (Å²) in [5, 5.41) is 2.85. The van der Waals surface area contributed by atoms with Gasteiger partial charge in [-0.2, -0.15) is 0 Å². The van der Waals surface area contributed by atoms with Crippen LogP contribution in [0.2, 0.25) is 0 Å². The van der Waals surface area contributed by atoms with Crippen LogP contribution in [0.5, 0.6) is 11.5 Å². The fourth-order valence-electron chi connectivity index (χ4n) is 3.04. The molecular weight excluding hydrogens is 392 g/mol. The number of sulfonamides is 1. The predicted molar refractivity (Wildman–Crippen MR) is 114 cm³/mol. The van der Waals surface area contributed by atoms with E-state index in [-0.39, 0.29) is 6.54 Å². The van der Waals surface area contributed by atoms with Crippen molar-refractivity contribution in [3.05, 3.63) is 53.1 Å². The summed E-state index contributed by atoms with van der Waals surface area (Å²) in [7, 11) is -0.542. The monoisotopic (exact) mass is 420 g/mol. The summed E-state index contributed by atoms with van der Waals surface area (Å²) in [6.45, 7) is 5.17. The second-order valence-electron chi connectivity index (χ2n) is 6.96. The van der Waals surface area contributed by atoms with Gasteiger partial charge < -0.3 is 14.8 Å². The number of benzene rings is 2. The second-order valence-corrected chi connectivity index (χ2v) is 8.86. The summed E-state index contributed by atoms with van der Waals surface area (Å²) in [6, 6.07) is 10.4. The quantitative estimate of drug-likeness (QED) is 0.710. The summed E-state index contributed by atoms with van der Waals surface area (Å²) in [6.07, 6.45) is 1.09. The molecule has 2 rings (SSSR count). The van der Waals surface area contributed by atoms with Crippen LogP contribution in [0.3, 0.4) is 0 Å². The fraction of sp³-hybridized carbons (Fsp3) is 0.381. The van der Waals surface area contributed by atoms with Gasteiger partial charge in [0.1, 0.15) is 18.0 Å². The summed E-state index contributed by atoms with van der Waals surface area (Å²) in [5.41, 5.74) is 2.91. The summed E-state index contributed by atoms with van der Waals surface area (Å²) >= 11 is 0. The number of ether oxygens (including phenoxy) is 2. The van der Waals surface area contributed by atoms with E-state index in [9.17, 15) is 13.2 Å². The molecule has 2 aromatic rings. The number of nitrogens with zero attached hydrogens (tertiary/aromatic N) is 1. The molecule has 1 amide bonds. The molecule has 0 bridgehead atoms. The number of methoxy groups -OCH3 is 2. The number of carbonyl (C=O) groups excluding carboxylic acids is 1. The van der Waals surface area contributed by atoms with Crippen LogP contribution in [-0.2, 0) is 14.8 Å². The number of hydrogen-bond donors (Lipinski definition) is 1. The maximum Gasteiger partial charge on any atom is 0.241 e. The van der Waals surface area contributed by atoms with Gasteiger partial charge in [0.05, 0.1) is 32.2 Å². The maximum atomic E-state index is 12.7. The molecule has 158 valence electrons. The van der Waals surface area contributed by atoms with Crippen molar-refractivity contribution in [1.29, 1.82) is 0 Å². The van der Waals surface area contributed by atoms with Crippen LogP contribution in [0.25, 0.3) is 0 Å². The molecule has 7 nitrogen and oxygen atoms in total. The van der Waals surface area contributed by atoms with Crippen LogP contribution in [-0.4, -0.2) is 41.3 Å². The third-order valence-corrected chi connectivity index (χ3v) is 5.73. The minimum Gasteiger partial charge on any atom is -0.497 e. The van der Waals surface area contributed by atoms with Gasteiger partial charge in [0.15, 0.2) is 0 Å². The maximum absolute atomic E-state index is 12.7. The Hall–Kier alpha value is -2.74. The molecule has 8 heteroatoms. The first-order valence-corrected chi connectivity index (χ1v) is 11.0. The molecule has 29 heavy (non-hydrogen) atoms. The van der Waals surface area contributed by atoms with Crippen molar-refractivity contribution >= 4 is 21.6 Å². The van der Waals surface area contributed by atoms with Crippen LogP contribution in [0.15, 0.2) is 36.4 Å². The average Bonchev–Trinajstić information content (AvgIpc) is 2.66. The Balaban J connectivity index is 2.26. The molecule has 1 unspecified atom stereocenters. The first-order chi connectivity index (χ1) is 13.6. The van der Waals surface area contributed by atoms with Crippen molar-refractivity contribution in [2.45, 2.75) is 26.8 Å². The van der Waals surface area contributed by atoms with Crippen molar-refractivity contribution in [3.63, 3.8) is 0 Å². The van der Waals surface area contributed by atoms with Gasteiger partial charge in [0.25, 0.3) is 0 Å². The highest BCUT2D eigenvalue weighted by Crippen LogP contribution is 2.29. The average molecular weight is 421 g/mol. The van der Waals surface area contributed by atoms with Crippen LogP contribution in [0, 0.1) is 13.8 Å². The first-order valence-electron chi connectivity index (χ1n) is 9.13. The number of hydrogen-bond acceptors (Lipinski definition) is 5. The number of anilines is 1. The van der Waals surface area contributed by atoms with Gasteiger partial charge >= 0.3 is 0 Å². The molecule has 0 radical (unpaired) electrons. The predicted octanol–water partition coefficient (Wildman–Crippen LogP) is 2.96. The summed E-state index contributed by atoms with van der Waals surface area (Å²) in [4.78, 5) is 12.7. The van der Waals surface area contributed by atoms with Crippen molar-refractivity contribution in [3.8, 4) is 11.5 Å². The van der Waals surface area contributed by atoms with Gasteiger partial charge in [-0.1, -0.05) is 12.1 Å². The van der Waals surface area contributed by atoms with Crippen molar-refractivity contribution < 1.29 is 22.7 Å². The van der Waals surface area contributed by atoms with E-state index in [2.05, 4.69) is 5.32 Å². The Bertz CT molecular complexity index is 989. The zero-order valence-corrected chi connectivity index (χ0v) is 18.5. The van der Waals surface area contributed by atoms with E-state index < -0.39 is 22.0 Å². The lowest BCUT2D eigenvalue weighted by atomic mass is 10.1. The number of amides is 1. The smallest absolute Gasteiger partial charge is 0.241 e. The number of rotatable bonds is 8. The Morgan fingerprint density at radius 2 is 1.79 bits per heavy atom. The fourth-order valence-corrected chi connectivity index (χ4v) is 3.95. The number of carbonyl (C=O) groups is 1. The molecule has 0 aliphatic rings. The zero-order chi connectivity index (χ0) is 21.8. The van der Waals surface area contributed by atoms with Gasteiger partial charge in [-0.05, 0) is 56.2 Å². The van der Waals surface area contributed by atoms with Crippen molar-refractivity contribution in [1.82, 2.24) is 5.32 Å². The normalized spacial score (nSPS) is 12.2. The molecule has 0 aliphatic heterocycles. The van der Waals surface area contributed by atoms with Crippen LogP contribution in [0.4, 0.5) is 5.69 Å². The molecule has 0 saturated heterocycles. The van der Waals surface area contributed by atoms with Crippen LogP contribution in [0.1, 0.15) is 29.7 Å². The molecule has 0 heterocycles. The highest BCUT2D eigenvalue weighted by Gasteiger charge is 2.24. The lowest BCUT2D eigenvalue weighted by Crippen LogP contribution is -2.41. The second kappa shape index (κ2) is 9.17. The number of aryl methyl sites for hydroxylation is 2. The molecule has 0 spiro atoms. The molecule has 0 saturated carbocycles. The van der Waals surface area contributed by atoms with Gasteiger partial charge in [0.2, 0.25) is 15.9 Å². The lowest BCUT2D eigenvalue weighted by molar-refractivity contribution is -0.120. The van der Waals surface area contributed by atoms with E-state index >= 15 is 0 Å². The lowest BCUT2D eigenvalue weighted by Gasteiger charge is -2.25. The van der Waals surface area contributed by atoms with E-state index in [0.717, 1.165) is 27.3 Å². The zero-order valence-electron chi connectivity index (χ0n) is 17.6. The highest BCUT2D eigenvalue weighted by molar-refractivity contribution is 7.92. The molecule has 0 aromatic heterocycles. The van der Waals surface area contributed by atoms with Gasteiger partial charge in [-0.3, -0.25) is 9.10 Å². The van der Waals surface area contributed by atoms with Gasteiger partial charge in [-0.15, -0.1) is 0 Å². The molecule has 0 aliphatic carbocycles. The third-order valence-electron chi connectivity index (χ3n) is 4.60. The van der Waals surface area contributed by atoms with E-state index in [0.29, 0.717) is 17.2 Å². The van der Waals surface area contributed by atoms with Crippen LogP contribution >= 0.6 is 0 Å². The first kappa shape index (κ1) is 22.5. The summed E-state index contributed by atoms with van der Waals surface area (Å²) in [5.74, 6) is 0.817. The Labute approximate surface area is 172 Å². The molecule has 0 fully saturated rings. The van der Waals surface area contributed by atoms with Crippen molar-refractivity contribution in [2.75, 3.05) is 31.3 Å². The molecular formula is C21H28N2O5S. The summed E-state index contributed by atoms with van der Waals surface area (Å²) < 4.78 is 36.5. The Kier molecular flexibility index (Phi) is 7.13. The van der Waals surface area contributed by atoms with Gasteiger partial charge in [-0.25, -0.2) is 8.42 Å². The topological polar surface area (TPSA) is 84.9 Å². The Morgan fingerprint density at radius 1 is 1.10 bits per heavy atom. The minimum absolute atomic E-state index is 0.320.